The summed E-state index contributed by atoms with van der Waals surface area (Å²) in [6, 6.07) is 0. The Morgan fingerprint density at radius 1 is 1.47 bits per heavy atom. The van der Waals surface area contributed by atoms with Crippen LogP contribution in [0.15, 0.2) is 0 Å². The Bertz CT molecular complexity index is 310. The molecule has 2 aliphatic heterocycles. The van der Waals surface area contributed by atoms with E-state index in [0.717, 1.165) is 6.42 Å². The minimum atomic E-state index is -4.46. The van der Waals surface area contributed by atoms with Gasteiger partial charge >= 0.3 is 6.18 Å². The lowest BCUT2D eigenvalue weighted by Gasteiger charge is -2.33. The zero-order chi connectivity index (χ0) is 12.7. The molecule has 2 saturated heterocycles. The molecule has 0 saturated carbocycles. The largest absolute Gasteiger partial charge is 0.404 e. The standard InChI is InChI=1S/C11H17F3N2O/c1-8-2-5-16(6-8)9(17)10(11(12,13)14)3-4-15-7-10/h8,15H,2-7H2,1H3. The number of hydrogen-bond donors (Lipinski definition) is 1. The molecule has 1 amide bonds. The van der Waals surface area contributed by atoms with Gasteiger partial charge in [-0.2, -0.15) is 13.2 Å². The highest BCUT2D eigenvalue weighted by atomic mass is 19.4. The fourth-order valence-electron chi connectivity index (χ4n) is 2.66. The summed E-state index contributed by atoms with van der Waals surface area (Å²) >= 11 is 0. The van der Waals surface area contributed by atoms with Crippen molar-refractivity contribution >= 4 is 5.91 Å². The van der Waals surface area contributed by atoms with Crippen LogP contribution in [0.25, 0.3) is 0 Å². The Balaban J connectivity index is 2.20. The van der Waals surface area contributed by atoms with Crippen LogP contribution < -0.4 is 5.32 Å². The normalized spacial score (nSPS) is 34.4. The summed E-state index contributed by atoms with van der Waals surface area (Å²) in [5, 5.41) is 2.67. The molecule has 3 nitrogen and oxygen atoms in total. The Kier molecular flexibility index (Phi) is 3.10. The Morgan fingerprint density at radius 3 is 2.59 bits per heavy atom. The number of amides is 1. The average molecular weight is 250 g/mol. The van der Waals surface area contributed by atoms with Crippen molar-refractivity contribution < 1.29 is 18.0 Å². The predicted octanol–water partition coefficient (Wildman–Crippen LogP) is 1.40. The van der Waals surface area contributed by atoms with Gasteiger partial charge in [-0.1, -0.05) is 6.92 Å². The summed E-state index contributed by atoms with van der Waals surface area (Å²) in [4.78, 5) is 13.5. The maximum Gasteiger partial charge on any atom is 0.404 e. The monoisotopic (exact) mass is 250 g/mol. The second kappa shape index (κ2) is 4.15. The van der Waals surface area contributed by atoms with Crippen LogP contribution in [-0.4, -0.2) is 43.2 Å². The van der Waals surface area contributed by atoms with Crippen LogP contribution in [0.3, 0.4) is 0 Å². The first-order valence-electron chi connectivity index (χ1n) is 5.94. The van der Waals surface area contributed by atoms with E-state index >= 15 is 0 Å². The Labute approximate surface area is 98.3 Å². The van der Waals surface area contributed by atoms with Gasteiger partial charge in [0.1, 0.15) is 0 Å². The van der Waals surface area contributed by atoms with Crippen LogP contribution in [-0.2, 0) is 4.79 Å². The molecule has 6 heteroatoms. The van der Waals surface area contributed by atoms with Crippen molar-refractivity contribution in [2.24, 2.45) is 11.3 Å². The summed E-state index contributed by atoms with van der Waals surface area (Å²) in [6.45, 7) is 2.85. The van der Waals surface area contributed by atoms with E-state index in [1.165, 1.54) is 4.90 Å². The number of nitrogens with one attached hydrogen (secondary N) is 1. The molecule has 98 valence electrons. The predicted molar refractivity (Wildman–Crippen MR) is 56.3 cm³/mol. The summed E-state index contributed by atoms with van der Waals surface area (Å²) in [5.41, 5.74) is -2.18. The summed E-state index contributed by atoms with van der Waals surface area (Å²) in [6.07, 6.45) is -3.80. The molecule has 0 aliphatic carbocycles. The molecular formula is C11H17F3N2O. The van der Waals surface area contributed by atoms with Crippen molar-refractivity contribution in [1.29, 1.82) is 0 Å². The van der Waals surface area contributed by atoms with Crippen molar-refractivity contribution in [2.45, 2.75) is 25.9 Å². The first-order chi connectivity index (χ1) is 7.87. The van der Waals surface area contributed by atoms with E-state index in [1.807, 2.05) is 6.92 Å². The molecule has 2 unspecified atom stereocenters. The van der Waals surface area contributed by atoms with Gasteiger partial charge in [0.2, 0.25) is 5.91 Å². The quantitative estimate of drug-likeness (QED) is 0.763. The van der Waals surface area contributed by atoms with Gasteiger partial charge in [0.25, 0.3) is 0 Å². The SMILES string of the molecule is CC1CCN(C(=O)C2(C(F)(F)F)CCNC2)C1. The van der Waals surface area contributed by atoms with Crippen molar-refractivity contribution in [3.63, 3.8) is 0 Å². The third-order valence-electron chi connectivity index (χ3n) is 3.82. The highest BCUT2D eigenvalue weighted by Gasteiger charge is 2.62. The second-order valence-electron chi connectivity index (χ2n) is 5.15. The first kappa shape index (κ1) is 12.7. The molecule has 2 aliphatic rings. The lowest BCUT2D eigenvalue weighted by atomic mass is 9.84. The maximum atomic E-state index is 13.1. The zero-order valence-corrected chi connectivity index (χ0v) is 9.81. The van der Waals surface area contributed by atoms with Gasteiger partial charge in [-0.05, 0) is 25.3 Å². The summed E-state index contributed by atoms with van der Waals surface area (Å²) in [5.74, 6) is -0.432. The van der Waals surface area contributed by atoms with Gasteiger partial charge in [-0.15, -0.1) is 0 Å². The third kappa shape index (κ3) is 2.03. The van der Waals surface area contributed by atoms with Gasteiger partial charge in [0, 0.05) is 19.6 Å². The van der Waals surface area contributed by atoms with Gasteiger partial charge in [0.15, 0.2) is 5.41 Å². The highest BCUT2D eigenvalue weighted by molar-refractivity contribution is 5.84. The van der Waals surface area contributed by atoms with Gasteiger partial charge in [-0.3, -0.25) is 4.79 Å². The van der Waals surface area contributed by atoms with E-state index in [9.17, 15) is 18.0 Å². The fraction of sp³-hybridized carbons (Fsp3) is 0.909. The number of halogens is 3. The van der Waals surface area contributed by atoms with E-state index in [0.29, 0.717) is 19.0 Å². The molecule has 2 fully saturated rings. The van der Waals surface area contributed by atoms with Gasteiger partial charge in [-0.25, -0.2) is 0 Å². The molecule has 0 aromatic carbocycles. The summed E-state index contributed by atoms with van der Waals surface area (Å²) in [7, 11) is 0. The first-order valence-corrected chi connectivity index (χ1v) is 5.94. The molecular weight excluding hydrogens is 233 g/mol. The van der Waals surface area contributed by atoms with Crippen molar-refractivity contribution in [3.8, 4) is 0 Å². The number of hydrogen-bond acceptors (Lipinski definition) is 2. The van der Waals surface area contributed by atoms with Crippen LogP contribution >= 0.6 is 0 Å². The third-order valence-corrected chi connectivity index (χ3v) is 3.82. The van der Waals surface area contributed by atoms with Crippen LogP contribution in [0.4, 0.5) is 13.2 Å². The number of nitrogens with zero attached hydrogens (tertiary/aromatic N) is 1. The molecule has 0 aromatic rings. The van der Waals surface area contributed by atoms with E-state index < -0.39 is 17.5 Å². The molecule has 2 atom stereocenters. The smallest absolute Gasteiger partial charge is 0.342 e. The Hall–Kier alpha value is -0.780. The number of rotatable bonds is 1. The van der Waals surface area contributed by atoms with E-state index in [4.69, 9.17) is 0 Å². The van der Waals surface area contributed by atoms with E-state index in [2.05, 4.69) is 5.32 Å². The molecule has 2 rings (SSSR count). The molecule has 0 bridgehead atoms. The number of carbonyl (C=O) groups is 1. The molecule has 1 N–H and O–H groups in total. The topological polar surface area (TPSA) is 32.3 Å². The average Bonchev–Trinajstić information content (AvgIpc) is 2.83. The van der Waals surface area contributed by atoms with Crippen molar-refractivity contribution in [3.05, 3.63) is 0 Å². The van der Waals surface area contributed by atoms with E-state index in [1.54, 1.807) is 0 Å². The molecule has 17 heavy (non-hydrogen) atoms. The number of carbonyl (C=O) groups excluding carboxylic acids is 1. The molecule has 0 spiro atoms. The minimum Gasteiger partial charge on any atom is -0.342 e. The minimum absolute atomic E-state index is 0.139. The zero-order valence-electron chi connectivity index (χ0n) is 9.81. The van der Waals surface area contributed by atoms with Crippen LogP contribution in [0, 0.1) is 11.3 Å². The van der Waals surface area contributed by atoms with Gasteiger partial charge < -0.3 is 10.2 Å². The van der Waals surface area contributed by atoms with Crippen LogP contribution in [0.2, 0.25) is 0 Å². The fourth-order valence-corrected chi connectivity index (χ4v) is 2.66. The Morgan fingerprint density at radius 2 is 2.18 bits per heavy atom. The molecule has 0 aromatic heterocycles. The summed E-state index contributed by atoms with van der Waals surface area (Å²) < 4.78 is 39.4. The van der Waals surface area contributed by atoms with Crippen molar-refractivity contribution in [1.82, 2.24) is 10.2 Å². The van der Waals surface area contributed by atoms with Crippen LogP contribution in [0.1, 0.15) is 19.8 Å². The van der Waals surface area contributed by atoms with Crippen molar-refractivity contribution in [2.75, 3.05) is 26.2 Å². The lowest BCUT2D eigenvalue weighted by Crippen LogP contribution is -2.53. The van der Waals surface area contributed by atoms with Gasteiger partial charge in [0.05, 0.1) is 0 Å². The molecule has 2 heterocycles. The van der Waals surface area contributed by atoms with Crippen LogP contribution in [0.5, 0.6) is 0 Å². The molecule has 0 radical (unpaired) electrons. The second-order valence-corrected chi connectivity index (χ2v) is 5.15. The maximum absolute atomic E-state index is 13.1. The van der Waals surface area contributed by atoms with E-state index in [-0.39, 0.29) is 19.5 Å². The highest BCUT2D eigenvalue weighted by Crippen LogP contribution is 2.45. The number of likely N-dealkylation sites (tertiary alicyclic amines) is 1. The lowest BCUT2D eigenvalue weighted by molar-refractivity contribution is -0.221. The number of alkyl halides is 3.